The molecule has 0 atom stereocenters. The second-order valence-electron chi connectivity index (χ2n) is 5.12. The summed E-state index contributed by atoms with van der Waals surface area (Å²) in [7, 11) is 0. The number of nitrogen functional groups attached to an aromatic ring is 1. The molecule has 0 spiro atoms. The Labute approximate surface area is 125 Å². The van der Waals surface area contributed by atoms with Crippen molar-refractivity contribution in [1.82, 2.24) is 9.97 Å². The first-order valence-electron chi connectivity index (χ1n) is 6.99. The minimum absolute atomic E-state index is 0.555. The Hall–Kier alpha value is -1.55. The number of hydrogen-bond acceptors (Lipinski definition) is 4. The van der Waals surface area contributed by atoms with Crippen molar-refractivity contribution in [3.63, 3.8) is 0 Å². The third-order valence-electron chi connectivity index (χ3n) is 3.20. The monoisotopic (exact) mass is 287 g/mol. The summed E-state index contributed by atoms with van der Waals surface area (Å²) in [6, 6.07) is 8.65. The molecule has 20 heavy (non-hydrogen) atoms. The van der Waals surface area contributed by atoms with Crippen molar-refractivity contribution in [2.24, 2.45) is 0 Å². The molecular formula is C16H21N3S. The second kappa shape index (κ2) is 6.75. The molecule has 0 bridgehead atoms. The lowest BCUT2D eigenvalue weighted by atomic mass is 10.0. The predicted octanol–water partition coefficient (Wildman–Crippen LogP) is 4.29. The lowest BCUT2D eigenvalue weighted by Gasteiger charge is -2.10. The first-order chi connectivity index (χ1) is 9.61. The Balaban J connectivity index is 2.23. The third-order valence-corrected chi connectivity index (χ3v) is 4.25. The van der Waals surface area contributed by atoms with Crippen LogP contribution in [0.2, 0.25) is 0 Å². The van der Waals surface area contributed by atoms with Crippen molar-refractivity contribution in [2.45, 2.75) is 49.5 Å². The number of hydrogen-bond donors (Lipinski definition) is 1. The quantitative estimate of drug-likeness (QED) is 0.834. The molecule has 106 valence electrons. The van der Waals surface area contributed by atoms with Crippen LogP contribution in [0.5, 0.6) is 0 Å². The molecule has 0 aliphatic rings. The van der Waals surface area contributed by atoms with Gasteiger partial charge in [0.05, 0.1) is 0 Å². The fraction of sp³-hybridized carbons (Fsp3) is 0.375. The second-order valence-corrected chi connectivity index (χ2v) is 6.18. The van der Waals surface area contributed by atoms with Crippen molar-refractivity contribution < 1.29 is 0 Å². The van der Waals surface area contributed by atoms with Gasteiger partial charge in [0.1, 0.15) is 17.2 Å². The van der Waals surface area contributed by atoms with Gasteiger partial charge in [-0.2, -0.15) is 0 Å². The average molecular weight is 287 g/mol. The normalized spacial score (nSPS) is 11.0. The number of aromatic nitrogens is 2. The van der Waals surface area contributed by atoms with E-state index in [2.05, 4.69) is 55.0 Å². The van der Waals surface area contributed by atoms with E-state index < -0.39 is 0 Å². The molecule has 0 aliphatic heterocycles. The van der Waals surface area contributed by atoms with Crippen LogP contribution in [-0.4, -0.2) is 9.97 Å². The maximum atomic E-state index is 5.96. The number of nitrogens with two attached hydrogens (primary N) is 1. The zero-order chi connectivity index (χ0) is 14.5. The molecule has 4 heteroatoms. The molecule has 0 saturated heterocycles. The molecule has 3 nitrogen and oxygen atoms in total. The van der Waals surface area contributed by atoms with Gasteiger partial charge in [0.15, 0.2) is 0 Å². The predicted molar refractivity (Wildman–Crippen MR) is 85.1 cm³/mol. The van der Waals surface area contributed by atoms with E-state index in [1.165, 1.54) is 10.5 Å². The fourth-order valence-electron chi connectivity index (χ4n) is 2.01. The van der Waals surface area contributed by atoms with Crippen LogP contribution in [-0.2, 0) is 6.42 Å². The first kappa shape index (κ1) is 14.9. The molecule has 0 radical (unpaired) electrons. The van der Waals surface area contributed by atoms with E-state index in [1.807, 2.05) is 0 Å². The molecule has 0 amide bonds. The number of benzene rings is 1. The Kier molecular flexibility index (Phi) is 5.01. The van der Waals surface area contributed by atoms with Gasteiger partial charge in [0, 0.05) is 10.5 Å². The lowest BCUT2D eigenvalue weighted by molar-refractivity contribution is 0.860. The molecule has 0 saturated carbocycles. The van der Waals surface area contributed by atoms with E-state index in [1.54, 1.807) is 18.1 Å². The molecule has 2 rings (SSSR count). The van der Waals surface area contributed by atoms with Gasteiger partial charge < -0.3 is 5.73 Å². The molecule has 2 N–H and O–H groups in total. The lowest BCUT2D eigenvalue weighted by Crippen LogP contribution is -2.01. The van der Waals surface area contributed by atoms with Crippen molar-refractivity contribution in [2.75, 3.05) is 5.73 Å². The molecule has 1 heterocycles. The largest absolute Gasteiger partial charge is 0.383 e. The summed E-state index contributed by atoms with van der Waals surface area (Å²) in [5, 5.41) is 0.969. The molecule has 0 fully saturated rings. The highest BCUT2D eigenvalue weighted by Crippen LogP contribution is 2.31. The average Bonchev–Trinajstić information content (AvgIpc) is 2.43. The van der Waals surface area contributed by atoms with E-state index in [4.69, 9.17) is 5.73 Å². The molecule has 1 aromatic heterocycles. The summed E-state index contributed by atoms with van der Waals surface area (Å²) in [4.78, 5) is 9.66. The number of rotatable bonds is 5. The molecule has 0 unspecified atom stereocenters. The molecule has 2 aromatic rings. The zero-order valence-corrected chi connectivity index (χ0v) is 13.1. The number of anilines is 1. The minimum atomic E-state index is 0.555. The van der Waals surface area contributed by atoms with E-state index in [0.29, 0.717) is 11.7 Å². The van der Waals surface area contributed by atoms with Gasteiger partial charge in [-0.15, -0.1) is 0 Å². The molecular weight excluding hydrogens is 266 g/mol. The summed E-state index contributed by atoms with van der Waals surface area (Å²) < 4.78 is 0. The van der Waals surface area contributed by atoms with Crippen LogP contribution in [0.25, 0.3) is 0 Å². The summed E-state index contributed by atoms with van der Waals surface area (Å²) in [5.74, 6) is 1.16. The van der Waals surface area contributed by atoms with E-state index in [9.17, 15) is 0 Å². The number of nitrogens with zero attached hydrogens (tertiary/aromatic N) is 2. The highest BCUT2D eigenvalue weighted by molar-refractivity contribution is 7.99. The van der Waals surface area contributed by atoms with Crippen LogP contribution < -0.4 is 5.73 Å². The Morgan fingerprint density at radius 2 is 1.85 bits per heavy atom. The third kappa shape index (κ3) is 3.51. The van der Waals surface area contributed by atoms with Crippen LogP contribution in [0.4, 0.5) is 5.82 Å². The van der Waals surface area contributed by atoms with Crippen molar-refractivity contribution >= 4 is 17.6 Å². The minimum Gasteiger partial charge on any atom is -0.383 e. The molecule has 0 aliphatic carbocycles. The van der Waals surface area contributed by atoms with Crippen LogP contribution in [0.3, 0.4) is 0 Å². The van der Waals surface area contributed by atoms with Crippen molar-refractivity contribution in [3.8, 4) is 0 Å². The van der Waals surface area contributed by atoms with Gasteiger partial charge in [0.2, 0.25) is 0 Å². The van der Waals surface area contributed by atoms with E-state index in [0.717, 1.165) is 23.4 Å². The fourth-order valence-corrected chi connectivity index (χ4v) is 2.94. The smallest absolute Gasteiger partial charge is 0.131 e. The molecule has 1 aromatic carbocycles. The van der Waals surface area contributed by atoms with Gasteiger partial charge in [-0.25, -0.2) is 9.97 Å². The van der Waals surface area contributed by atoms with Gasteiger partial charge >= 0.3 is 0 Å². The van der Waals surface area contributed by atoms with Gasteiger partial charge in [-0.05, 0) is 30.0 Å². The summed E-state index contributed by atoms with van der Waals surface area (Å²) >= 11 is 1.66. The van der Waals surface area contributed by atoms with Crippen LogP contribution in [0, 0.1) is 0 Å². The topological polar surface area (TPSA) is 51.8 Å². The maximum Gasteiger partial charge on any atom is 0.131 e. The Morgan fingerprint density at radius 1 is 1.15 bits per heavy atom. The highest BCUT2D eigenvalue weighted by atomic mass is 32.2. The highest BCUT2D eigenvalue weighted by Gasteiger charge is 2.10. The SMILES string of the molecule is CCCc1c(N)ncnc1Sc1ccc(C(C)C)cc1. The first-order valence-corrected chi connectivity index (χ1v) is 7.80. The Bertz CT molecular complexity index is 564. The standard InChI is InChI=1S/C16H21N3S/c1-4-5-14-15(17)18-10-19-16(14)20-13-8-6-12(7-9-13)11(2)3/h6-11H,4-5H2,1-3H3,(H2,17,18,19). The van der Waals surface area contributed by atoms with Crippen LogP contribution >= 0.6 is 11.8 Å². The summed E-state index contributed by atoms with van der Waals surface area (Å²) in [6.45, 7) is 6.54. The summed E-state index contributed by atoms with van der Waals surface area (Å²) in [6.07, 6.45) is 3.50. The van der Waals surface area contributed by atoms with Crippen molar-refractivity contribution in [3.05, 3.63) is 41.7 Å². The van der Waals surface area contributed by atoms with Crippen LogP contribution in [0.1, 0.15) is 44.2 Å². The van der Waals surface area contributed by atoms with E-state index in [-0.39, 0.29) is 0 Å². The zero-order valence-electron chi connectivity index (χ0n) is 12.3. The van der Waals surface area contributed by atoms with Gasteiger partial charge in [0.25, 0.3) is 0 Å². The van der Waals surface area contributed by atoms with Gasteiger partial charge in [-0.3, -0.25) is 0 Å². The van der Waals surface area contributed by atoms with E-state index >= 15 is 0 Å². The van der Waals surface area contributed by atoms with Crippen molar-refractivity contribution in [1.29, 1.82) is 0 Å². The Morgan fingerprint density at radius 3 is 2.45 bits per heavy atom. The maximum absolute atomic E-state index is 5.96. The summed E-state index contributed by atoms with van der Waals surface area (Å²) in [5.41, 5.74) is 8.38. The van der Waals surface area contributed by atoms with Gasteiger partial charge in [-0.1, -0.05) is 51.1 Å². The van der Waals surface area contributed by atoms with Crippen LogP contribution in [0.15, 0.2) is 40.5 Å².